The molecule has 0 radical (unpaired) electrons. The quantitative estimate of drug-likeness (QED) is 0.791. The number of aryl methyl sites for hydroxylation is 1. The van der Waals surface area contributed by atoms with Gasteiger partial charge in [-0.2, -0.15) is 0 Å². The average Bonchev–Trinajstić information content (AvgIpc) is 2.58. The maximum Gasteiger partial charge on any atom is 0.328 e. The Morgan fingerprint density at radius 2 is 1.96 bits per heavy atom. The summed E-state index contributed by atoms with van der Waals surface area (Å²) < 4.78 is 10.9. The van der Waals surface area contributed by atoms with Crippen molar-refractivity contribution < 1.29 is 24.2 Å². The highest BCUT2D eigenvalue weighted by Gasteiger charge is 2.25. The maximum absolute atomic E-state index is 12.5. The van der Waals surface area contributed by atoms with Gasteiger partial charge in [0.25, 0.3) is 11.5 Å². The van der Waals surface area contributed by atoms with E-state index in [1.165, 1.54) is 32.8 Å². The number of para-hydroxylation sites is 1. The zero-order valence-electron chi connectivity index (χ0n) is 13.7. The van der Waals surface area contributed by atoms with Gasteiger partial charge in [0.15, 0.2) is 0 Å². The highest BCUT2D eigenvalue weighted by Crippen LogP contribution is 2.31. The standard InChI is InChI=1S/C16H18N2O6/c1-8(16(22)24-4)17-14(20)11-13(19)9-6-5-7-10(23-3)12(9)18(2)15(11)21/h5-8,19H,1-4H3,(H,17,20). The van der Waals surface area contributed by atoms with Crippen LogP contribution < -0.4 is 15.6 Å². The molecule has 2 N–H and O–H groups in total. The normalized spacial score (nSPS) is 11.8. The number of hydrogen-bond acceptors (Lipinski definition) is 6. The van der Waals surface area contributed by atoms with Crippen molar-refractivity contribution in [2.75, 3.05) is 14.2 Å². The molecule has 2 aromatic rings. The largest absolute Gasteiger partial charge is 0.506 e. The van der Waals surface area contributed by atoms with E-state index >= 15 is 0 Å². The molecule has 0 saturated heterocycles. The van der Waals surface area contributed by atoms with Gasteiger partial charge in [0.05, 0.1) is 19.7 Å². The Labute approximate surface area is 137 Å². The van der Waals surface area contributed by atoms with Crippen LogP contribution in [0.5, 0.6) is 11.5 Å². The molecule has 1 amide bonds. The molecule has 0 aliphatic carbocycles. The summed E-state index contributed by atoms with van der Waals surface area (Å²) in [6, 6.07) is 3.87. The van der Waals surface area contributed by atoms with E-state index in [0.29, 0.717) is 11.3 Å². The summed E-state index contributed by atoms with van der Waals surface area (Å²) in [6.45, 7) is 1.41. The van der Waals surface area contributed by atoms with Crippen molar-refractivity contribution in [3.8, 4) is 11.5 Å². The molecule has 0 spiro atoms. The first-order chi connectivity index (χ1) is 11.3. The van der Waals surface area contributed by atoms with Crippen LogP contribution in [0, 0.1) is 0 Å². The molecule has 8 nitrogen and oxygen atoms in total. The fourth-order valence-electron chi connectivity index (χ4n) is 2.44. The average molecular weight is 334 g/mol. The molecule has 128 valence electrons. The van der Waals surface area contributed by atoms with Gasteiger partial charge in [-0.25, -0.2) is 4.79 Å². The Kier molecular flexibility index (Phi) is 4.77. The second-order valence-electron chi connectivity index (χ2n) is 5.16. The van der Waals surface area contributed by atoms with Crippen LogP contribution in [-0.2, 0) is 16.6 Å². The smallest absolute Gasteiger partial charge is 0.328 e. The van der Waals surface area contributed by atoms with E-state index in [1.54, 1.807) is 18.2 Å². The second kappa shape index (κ2) is 6.61. The van der Waals surface area contributed by atoms with Gasteiger partial charge in [-0.3, -0.25) is 9.59 Å². The molecule has 8 heteroatoms. The number of pyridine rings is 1. The molecule has 0 aliphatic heterocycles. The van der Waals surface area contributed by atoms with Crippen molar-refractivity contribution in [3.05, 3.63) is 34.1 Å². The third-order valence-corrected chi connectivity index (χ3v) is 3.69. The van der Waals surface area contributed by atoms with E-state index in [-0.39, 0.29) is 5.39 Å². The number of carbonyl (C=O) groups excluding carboxylic acids is 2. The van der Waals surface area contributed by atoms with Crippen LogP contribution in [0.25, 0.3) is 10.9 Å². The lowest BCUT2D eigenvalue weighted by Gasteiger charge is -2.15. The van der Waals surface area contributed by atoms with Gasteiger partial charge < -0.3 is 24.5 Å². The van der Waals surface area contributed by atoms with Crippen LogP contribution in [0.15, 0.2) is 23.0 Å². The predicted octanol–water partition coefficient (Wildman–Crippen LogP) is 0.544. The van der Waals surface area contributed by atoms with Gasteiger partial charge in [-0.05, 0) is 19.1 Å². The maximum atomic E-state index is 12.5. The zero-order valence-corrected chi connectivity index (χ0v) is 13.7. The van der Waals surface area contributed by atoms with Gasteiger partial charge in [-0.15, -0.1) is 0 Å². The lowest BCUT2D eigenvalue weighted by atomic mass is 10.1. The lowest BCUT2D eigenvalue weighted by Crippen LogP contribution is -2.41. The van der Waals surface area contributed by atoms with Crippen molar-refractivity contribution in [1.82, 2.24) is 9.88 Å². The van der Waals surface area contributed by atoms with Crippen LogP contribution in [0.2, 0.25) is 0 Å². The molecule has 2 rings (SSSR count). The highest BCUT2D eigenvalue weighted by atomic mass is 16.5. The summed E-state index contributed by atoms with van der Waals surface area (Å²) in [7, 11) is 4.09. The van der Waals surface area contributed by atoms with E-state index in [0.717, 1.165) is 0 Å². The van der Waals surface area contributed by atoms with Gasteiger partial charge in [0.2, 0.25) is 0 Å². The monoisotopic (exact) mass is 334 g/mol. The minimum Gasteiger partial charge on any atom is -0.506 e. The number of methoxy groups -OCH3 is 2. The van der Waals surface area contributed by atoms with Gasteiger partial charge >= 0.3 is 5.97 Å². The number of rotatable bonds is 4. The zero-order chi connectivity index (χ0) is 18.0. The number of benzene rings is 1. The first kappa shape index (κ1) is 17.3. The van der Waals surface area contributed by atoms with Crippen molar-refractivity contribution in [2.24, 2.45) is 7.05 Å². The first-order valence-electron chi connectivity index (χ1n) is 7.10. The fraction of sp³-hybridized carbons (Fsp3) is 0.312. The molecule has 0 saturated carbocycles. The molecule has 24 heavy (non-hydrogen) atoms. The van der Waals surface area contributed by atoms with Gasteiger partial charge in [0.1, 0.15) is 23.1 Å². The number of nitrogens with zero attached hydrogens (tertiary/aromatic N) is 1. The summed E-state index contributed by atoms with van der Waals surface area (Å²) >= 11 is 0. The minimum absolute atomic E-state index is 0.285. The topological polar surface area (TPSA) is 107 Å². The minimum atomic E-state index is -0.965. The van der Waals surface area contributed by atoms with Crippen molar-refractivity contribution >= 4 is 22.8 Å². The molecule has 1 aromatic carbocycles. The fourth-order valence-corrected chi connectivity index (χ4v) is 2.44. The summed E-state index contributed by atoms with van der Waals surface area (Å²) in [4.78, 5) is 36.3. The van der Waals surface area contributed by atoms with E-state index in [2.05, 4.69) is 10.1 Å². The lowest BCUT2D eigenvalue weighted by molar-refractivity contribution is -0.142. The van der Waals surface area contributed by atoms with Gasteiger partial charge in [-0.1, -0.05) is 6.07 Å². The van der Waals surface area contributed by atoms with Crippen LogP contribution in [0.3, 0.4) is 0 Å². The first-order valence-corrected chi connectivity index (χ1v) is 7.10. The van der Waals surface area contributed by atoms with Gasteiger partial charge in [0, 0.05) is 12.4 Å². The number of esters is 1. The van der Waals surface area contributed by atoms with Crippen molar-refractivity contribution in [2.45, 2.75) is 13.0 Å². The van der Waals surface area contributed by atoms with Crippen LogP contribution in [0.1, 0.15) is 17.3 Å². The molecule has 1 unspecified atom stereocenters. The van der Waals surface area contributed by atoms with E-state index in [4.69, 9.17) is 4.74 Å². The summed E-state index contributed by atoms with van der Waals surface area (Å²) in [5, 5.41) is 13.0. The molecule has 0 bridgehead atoms. The third-order valence-electron chi connectivity index (χ3n) is 3.69. The molecule has 0 fully saturated rings. The number of nitrogens with one attached hydrogen (secondary N) is 1. The molecular weight excluding hydrogens is 316 g/mol. The van der Waals surface area contributed by atoms with Crippen molar-refractivity contribution in [1.29, 1.82) is 0 Å². The Bertz CT molecular complexity index is 871. The summed E-state index contributed by atoms with van der Waals surface area (Å²) in [6.07, 6.45) is 0. The SMILES string of the molecule is COC(=O)C(C)NC(=O)c1c(O)c2cccc(OC)c2n(C)c1=O. The van der Waals surface area contributed by atoms with E-state index in [1.807, 2.05) is 0 Å². The number of hydrogen-bond donors (Lipinski definition) is 2. The Balaban J connectivity index is 2.62. The number of aromatic hydroxyl groups is 1. The highest BCUT2D eigenvalue weighted by molar-refractivity contribution is 6.04. The molecular formula is C16H18N2O6. The Morgan fingerprint density at radius 3 is 2.54 bits per heavy atom. The Hall–Kier alpha value is -3.03. The number of fused-ring (bicyclic) bond motifs is 1. The molecule has 0 aliphatic rings. The molecule has 1 aromatic heterocycles. The second-order valence-corrected chi connectivity index (χ2v) is 5.16. The summed E-state index contributed by atoms with van der Waals surface area (Å²) in [5.41, 5.74) is -0.798. The van der Waals surface area contributed by atoms with Crippen LogP contribution >= 0.6 is 0 Å². The number of ether oxygens (including phenoxy) is 2. The number of carbonyl (C=O) groups is 2. The van der Waals surface area contributed by atoms with Crippen molar-refractivity contribution in [3.63, 3.8) is 0 Å². The van der Waals surface area contributed by atoms with Crippen LogP contribution in [-0.4, -0.2) is 41.8 Å². The van der Waals surface area contributed by atoms with E-state index < -0.39 is 34.8 Å². The van der Waals surface area contributed by atoms with Crippen LogP contribution in [0.4, 0.5) is 0 Å². The predicted molar refractivity (Wildman–Crippen MR) is 86.4 cm³/mol. The summed E-state index contributed by atoms with van der Waals surface area (Å²) in [5.74, 6) is -1.61. The van der Waals surface area contributed by atoms with E-state index in [9.17, 15) is 19.5 Å². The molecule has 1 heterocycles. The third kappa shape index (κ3) is 2.78. The number of aromatic nitrogens is 1. The Morgan fingerprint density at radius 1 is 1.29 bits per heavy atom. The number of amides is 1. The molecule has 1 atom stereocenters.